The highest BCUT2D eigenvalue weighted by Gasteiger charge is 2.38. The van der Waals surface area contributed by atoms with Crippen LogP contribution in [-0.2, 0) is 16.2 Å². The number of hydrogen-bond donors (Lipinski definition) is 0. The Morgan fingerprint density at radius 3 is 1.64 bits per heavy atom. The molecule has 55 heavy (non-hydrogen) atoms. The average Bonchev–Trinajstić information content (AvgIpc) is 3.58. The summed E-state index contributed by atoms with van der Waals surface area (Å²) in [4.78, 5) is 2.46. The molecule has 2 heteroatoms. The van der Waals surface area contributed by atoms with Crippen LogP contribution >= 0.6 is 0 Å². The van der Waals surface area contributed by atoms with Gasteiger partial charge in [0.15, 0.2) is 0 Å². The number of hydrogen-bond acceptors (Lipinski definition) is 1. The van der Waals surface area contributed by atoms with E-state index >= 15 is 0 Å². The Morgan fingerprint density at radius 1 is 0.491 bits per heavy atom. The third-order valence-electron chi connectivity index (χ3n) is 12.1. The number of rotatable bonds is 4. The van der Waals surface area contributed by atoms with Crippen LogP contribution in [0.1, 0.15) is 88.8 Å². The van der Waals surface area contributed by atoms with Crippen LogP contribution in [0.3, 0.4) is 0 Å². The number of benzene rings is 7. The predicted octanol–water partition coefficient (Wildman–Crippen LogP) is 14.9. The van der Waals surface area contributed by atoms with E-state index in [4.69, 9.17) is 0 Å². The van der Waals surface area contributed by atoms with Crippen molar-refractivity contribution in [1.29, 1.82) is 0 Å². The zero-order chi connectivity index (χ0) is 38.6. The monoisotopic (exact) mass is 716 g/mol. The van der Waals surface area contributed by atoms with Crippen molar-refractivity contribution in [2.45, 2.75) is 85.5 Å². The quantitative estimate of drug-likeness (QED) is 0.176. The Balaban J connectivity index is 1.28. The SMILES string of the molecule is Cc1cc(C)cc(N(c2ccccc2)c2cc3c(c4ccccc24)-c2ccc(-n4c5ccc(C(C)(C)C)cc5c5cc(C(C)(C)C)ccc54)cc2C3(C)C)c1. The van der Waals surface area contributed by atoms with E-state index in [0.717, 1.165) is 5.69 Å². The second-order valence-corrected chi connectivity index (χ2v) is 18.5. The van der Waals surface area contributed by atoms with Crippen LogP contribution in [0.2, 0.25) is 0 Å². The molecule has 7 aromatic carbocycles. The molecule has 0 radical (unpaired) electrons. The first kappa shape index (κ1) is 35.1. The summed E-state index contributed by atoms with van der Waals surface area (Å²) >= 11 is 0. The summed E-state index contributed by atoms with van der Waals surface area (Å²) in [5.74, 6) is 0. The zero-order valence-corrected chi connectivity index (χ0v) is 34.1. The average molecular weight is 717 g/mol. The van der Waals surface area contributed by atoms with Crippen molar-refractivity contribution in [1.82, 2.24) is 4.57 Å². The summed E-state index contributed by atoms with van der Waals surface area (Å²) in [5.41, 5.74) is 17.8. The van der Waals surface area contributed by atoms with Crippen LogP contribution in [-0.4, -0.2) is 4.57 Å². The van der Waals surface area contributed by atoms with Crippen LogP contribution in [0.15, 0.2) is 133 Å². The van der Waals surface area contributed by atoms with E-state index in [-0.39, 0.29) is 16.2 Å². The number of nitrogens with zero attached hydrogens (tertiary/aromatic N) is 2. The molecule has 2 nitrogen and oxygen atoms in total. The van der Waals surface area contributed by atoms with Gasteiger partial charge in [0.1, 0.15) is 0 Å². The second-order valence-electron chi connectivity index (χ2n) is 18.5. The molecule has 9 rings (SSSR count). The molecule has 0 unspecified atom stereocenters. The molecule has 0 N–H and O–H groups in total. The molecular formula is C53H52N2. The summed E-state index contributed by atoms with van der Waals surface area (Å²) < 4.78 is 2.50. The Morgan fingerprint density at radius 2 is 1.05 bits per heavy atom. The normalized spacial score (nSPS) is 13.8. The van der Waals surface area contributed by atoms with Crippen molar-refractivity contribution in [2.75, 3.05) is 4.90 Å². The first-order valence-corrected chi connectivity index (χ1v) is 19.9. The van der Waals surface area contributed by atoms with E-state index in [0.29, 0.717) is 0 Å². The highest BCUT2D eigenvalue weighted by atomic mass is 15.1. The van der Waals surface area contributed by atoms with Gasteiger partial charge in [-0.3, -0.25) is 0 Å². The van der Waals surface area contributed by atoms with Gasteiger partial charge in [-0.1, -0.05) is 122 Å². The van der Waals surface area contributed by atoms with Crippen molar-refractivity contribution < 1.29 is 0 Å². The fourth-order valence-corrected chi connectivity index (χ4v) is 9.19. The van der Waals surface area contributed by atoms with Gasteiger partial charge in [-0.25, -0.2) is 0 Å². The summed E-state index contributed by atoms with van der Waals surface area (Å²) in [6, 6.07) is 50.7. The molecule has 1 aliphatic carbocycles. The third kappa shape index (κ3) is 5.60. The Labute approximate surface area is 327 Å². The number of fused-ring (bicyclic) bond motifs is 8. The third-order valence-corrected chi connectivity index (χ3v) is 12.1. The van der Waals surface area contributed by atoms with Gasteiger partial charge in [0, 0.05) is 38.6 Å². The Kier molecular flexibility index (Phi) is 7.79. The number of aryl methyl sites for hydroxylation is 2. The Hall–Kier alpha value is -5.60. The fourth-order valence-electron chi connectivity index (χ4n) is 9.19. The lowest BCUT2D eigenvalue weighted by Gasteiger charge is -2.30. The van der Waals surface area contributed by atoms with Crippen LogP contribution in [0.25, 0.3) is 49.4 Å². The maximum absolute atomic E-state index is 2.50. The summed E-state index contributed by atoms with van der Waals surface area (Å²) in [6.07, 6.45) is 0. The van der Waals surface area contributed by atoms with E-state index in [1.165, 1.54) is 94.1 Å². The lowest BCUT2D eigenvalue weighted by molar-refractivity contribution is 0.590. The molecule has 8 aromatic rings. The molecule has 0 bridgehead atoms. The lowest BCUT2D eigenvalue weighted by Crippen LogP contribution is -2.17. The van der Waals surface area contributed by atoms with E-state index in [2.05, 4.69) is 212 Å². The molecule has 1 aromatic heterocycles. The number of anilines is 3. The standard InChI is InChI=1S/C53H52N2/c1-33-26-34(2)28-39(27-33)54(37-16-12-11-13-17-37)49-32-46-50(41-19-15-14-18-40(41)49)42-23-22-38(31-45(42)53(46,9)10)55-47-24-20-35(51(3,4)5)29-43(47)44-30-36(52(6,7)8)21-25-48(44)55/h11-32H,1-10H3. The number of para-hydroxylation sites is 1. The largest absolute Gasteiger partial charge is 0.310 e. The first-order valence-electron chi connectivity index (χ1n) is 19.9. The van der Waals surface area contributed by atoms with Crippen molar-refractivity contribution in [3.63, 3.8) is 0 Å². The predicted molar refractivity (Wildman–Crippen MR) is 237 cm³/mol. The minimum absolute atomic E-state index is 0.0590. The van der Waals surface area contributed by atoms with Gasteiger partial charge in [-0.2, -0.15) is 0 Å². The van der Waals surface area contributed by atoms with Crippen molar-refractivity contribution in [3.8, 4) is 16.8 Å². The smallest absolute Gasteiger partial charge is 0.0543 e. The van der Waals surface area contributed by atoms with E-state index in [1.807, 2.05) is 0 Å². The second kappa shape index (κ2) is 12.2. The van der Waals surface area contributed by atoms with Crippen LogP contribution in [0.4, 0.5) is 17.1 Å². The van der Waals surface area contributed by atoms with Crippen molar-refractivity contribution in [3.05, 3.63) is 167 Å². The Bertz CT molecular complexity index is 2730. The maximum Gasteiger partial charge on any atom is 0.0543 e. The van der Waals surface area contributed by atoms with E-state index in [9.17, 15) is 0 Å². The molecule has 0 fully saturated rings. The lowest BCUT2D eigenvalue weighted by atomic mass is 9.81. The highest BCUT2D eigenvalue weighted by Crippen LogP contribution is 2.55. The molecule has 0 aliphatic heterocycles. The van der Waals surface area contributed by atoms with E-state index < -0.39 is 0 Å². The fraction of sp³-hybridized carbons (Fsp3) is 0.245. The summed E-state index contributed by atoms with van der Waals surface area (Å²) in [5, 5.41) is 5.18. The molecule has 0 atom stereocenters. The minimum atomic E-state index is -0.234. The molecule has 0 spiro atoms. The summed E-state index contributed by atoms with van der Waals surface area (Å²) in [6.45, 7) is 23.1. The van der Waals surface area contributed by atoms with Gasteiger partial charge in [0.2, 0.25) is 0 Å². The summed E-state index contributed by atoms with van der Waals surface area (Å²) in [7, 11) is 0. The first-order chi connectivity index (χ1) is 26.1. The number of aromatic nitrogens is 1. The maximum atomic E-state index is 2.50. The van der Waals surface area contributed by atoms with Gasteiger partial charge in [-0.05, 0) is 141 Å². The topological polar surface area (TPSA) is 8.17 Å². The van der Waals surface area contributed by atoms with Crippen LogP contribution in [0.5, 0.6) is 0 Å². The molecule has 274 valence electrons. The molecule has 0 amide bonds. The van der Waals surface area contributed by atoms with Gasteiger partial charge in [0.05, 0.1) is 16.7 Å². The molecule has 0 saturated heterocycles. The molecular weight excluding hydrogens is 665 g/mol. The minimum Gasteiger partial charge on any atom is -0.310 e. The van der Waals surface area contributed by atoms with Crippen LogP contribution < -0.4 is 4.90 Å². The van der Waals surface area contributed by atoms with Crippen molar-refractivity contribution >= 4 is 49.6 Å². The van der Waals surface area contributed by atoms with Crippen molar-refractivity contribution in [2.24, 2.45) is 0 Å². The van der Waals surface area contributed by atoms with Crippen LogP contribution in [0, 0.1) is 13.8 Å². The van der Waals surface area contributed by atoms with Gasteiger partial charge in [-0.15, -0.1) is 0 Å². The molecule has 0 saturated carbocycles. The highest BCUT2D eigenvalue weighted by molar-refractivity contribution is 6.12. The zero-order valence-electron chi connectivity index (χ0n) is 34.1. The van der Waals surface area contributed by atoms with Gasteiger partial charge >= 0.3 is 0 Å². The molecule has 1 heterocycles. The van der Waals surface area contributed by atoms with E-state index in [1.54, 1.807) is 0 Å². The van der Waals surface area contributed by atoms with Gasteiger partial charge in [0.25, 0.3) is 0 Å². The molecule has 1 aliphatic rings. The van der Waals surface area contributed by atoms with Gasteiger partial charge < -0.3 is 9.47 Å².